The van der Waals surface area contributed by atoms with Crippen molar-refractivity contribution in [1.29, 1.82) is 0 Å². The average Bonchev–Trinajstić information content (AvgIpc) is 3.79. The first-order valence-corrected chi connectivity index (χ1v) is 18.8. The van der Waals surface area contributed by atoms with Crippen LogP contribution in [0.3, 0.4) is 0 Å². The third kappa shape index (κ3) is 4.88. The van der Waals surface area contributed by atoms with Gasteiger partial charge in [0.15, 0.2) is 0 Å². The van der Waals surface area contributed by atoms with Gasteiger partial charge in [0, 0.05) is 57.3 Å². The molecule has 4 heteroatoms. The van der Waals surface area contributed by atoms with E-state index in [9.17, 15) is 0 Å². The van der Waals surface area contributed by atoms with Gasteiger partial charge in [0.05, 0.1) is 22.4 Å². The minimum atomic E-state index is 0.653. The number of anilines is 1. The van der Waals surface area contributed by atoms with Crippen molar-refractivity contribution in [1.82, 2.24) is 4.57 Å². The molecule has 0 aliphatic heterocycles. The van der Waals surface area contributed by atoms with E-state index in [1.807, 2.05) is 19.2 Å². The highest BCUT2D eigenvalue weighted by Crippen LogP contribution is 2.42. The Kier molecular flexibility index (Phi) is 7.11. The summed E-state index contributed by atoms with van der Waals surface area (Å²) in [6, 6.07) is 63.1. The van der Waals surface area contributed by atoms with Crippen molar-refractivity contribution in [2.45, 2.75) is 6.54 Å². The van der Waals surface area contributed by atoms with Crippen molar-refractivity contribution in [3.63, 3.8) is 0 Å². The van der Waals surface area contributed by atoms with Crippen molar-refractivity contribution in [2.24, 2.45) is 4.99 Å². The van der Waals surface area contributed by atoms with Gasteiger partial charge in [-0.2, -0.15) is 0 Å². The van der Waals surface area contributed by atoms with Crippen molar-refractivity contribution < 1.29 is 4.42 Å². The molecule has 1 N–H and O–H groups in total. The number of para-hydroxylation sites is 2. The quantitative estimate of drug-likeness (QED) is 0.175. The van der Waals surface area contributed by atoms with Crippen LogP contribution in [-0.4, -0.2) is 17.3 Å². The fourth-order valence-corrected chi connectivity index (χ4v) is 8.81. The lowest BCUT2D eigenvalue weighted by Crippen LogP contribution is -2.09. The maximum atomic E-state index is 6.25. The third-order valence-electron chi connectivity index (χ3n) is 11.3. The van der Waals surface area contributed by atoms with E-state index in [2.05, 4.69) is 174 Å². The smallest absolute Gasteiger partial charge is 0.136 e. The summed E-state index contributed by atoms with van der Waals surface area (Å²) >= 11 is 0. The SMILES string of the molecule is CN=C(c1ccc2c(c1)oc1ccccc12)c1ccccc1NCc1ccc(-n2c3ccc4ccccc4c3c3c4ccccc4ccc32)c2ccccc12. The Morgan fingerprint density at radius 3 is 1.85 bits per heavy atom. The lowest BCUT2D eigenvalue weighted by molar-refractivity contribution is 0.669. The summed E-state index contributed by atoms with van der Waals surface area (Å²) in [6.45, 7) is 0.653. The number of hydrogen-bond donors (Lipinski definition) is 1. The second kappa shape index (κ2) is 12.5. The van der Waals surface area contributed by atoms with Gasteiger partial charge in [0.1, 0.15) is 11.2 Å². The minimum Gasteiger partial charge on any atom is -0.456 e. The van der Waals surface area contributed by atoms with Crippen molar-refractivity contribution in [3.8, 4) is 5.69 Å². The van der Waals surface area contributed by atoms with Gasteiger partial charge in [-0.25, -0.2) is 0 Å². The van der Waals surface area contributed by atoms with Crippen LogP contribution in [-0.2, 0) is 6.54 Å². The summed E-state index contributed by atoms with van der Waals surface area (Å²) in [7, 11) is 1.86. The molecule has 55 heavy (non-hydrogen) atoms. The Balaban J connectivity index is 1.01. The van der Waals surface area contributed by atoms with Crippen LogP contribution in [0.5, 0.6) is 0 Å². The van der Waals surface area contributed by atoms with Gasteiger partial charge in [-0.3, -0.25) is 4.99 Å². The number of furan rings is 1. The molecule has 0 amide bonds. The maximum Gasteiger partial charge on any atom is 0.136 e. The molecule has 0 aliphatic carbocycles. The molecule has 2 aromatic heterocycles. The van der Waals surface area contributed by atoms with Crippen LogP contribution >= 0.6 is 0 Å². The van der Waals surface area contributed by atoms with Crippen molar-refractivity contribution >= 4 is 87.5 Å². The van der Waals surface area contributed by atoms with E-state index in [4.69, 9.17) is 9.41 Å². The van der Waals surface area contributed by atoms with E-state index in [1.54, 1.807) is 0 Å². The van der Waals surface area contributed by atoms with Crippen molar-refractivity contribution in [3.05, 3.63) is 193 Å². The molecule has 4 nitrogen and oxygen atoms in total. The topological polar surface area (TPSA) is 42.5 Å². The lowest BCUT2D eigenvalue weighted by Gasteiger charge is -2.17. The summed E-state index contributed by atoms with van der Waals surface area (Å²) in [5.74, 6) is 0. The molecule has 0 unspecified atom stereocenters. The largest absolute Gasteiger partial charge is 0.456 e. The van der Waals surface area contributed by atoms with E-state index < -0.39 is 0 Å². The molecule has 2 heterocycles. The van der Waals surface area contributed by atoms with E-state index in [0.717, 1.165) is 44.5 Å². The highest BCUT2D eigenvalue weighted by molar-refractivity contribution is 6.29. The molecule has 260 valence electrons. The highest BCUT2D eigenvalue weighted by Gasteiger charge is 2.20. The van der Waals surface area contributed by atoms with Crippen LogP contribution in [0.25, 0.3) is 81.7 Å². The van der Waals surface area contributed by atoms with Crippen LogP contribution in [0.1, 0.15) is 16.7 Å². The Bertz CT molecular complexity index is 3250. The second-order valence-electron chi connectivity index (χ2n) is 14.3. The predicted molar refractivity (Wildman–Crippen MR) is 232 cm³/mol. The number of aromatic nitrogens is 1. The van der Waals surface area contributed by atoms with Crippen LogP contribution in [0.2, 0.25) is 0 Å². The van der Waals surface area contributed by atoms with Crippen LogP contribution in [0.4, 0.5) is 5.69 Å². The summed E-state index contributed by atoms with van der Waals surface area (Å²) in [5.41, 5.74) is 10.6. The normalized spacial score (nSPS) is 12.3. The Morgan fingerprint density at radius 1 is 0.527 bits per heavy atom. The van der Waals surface area contributed by atoms with Crippen LogP contribution < -0.4 is 5.32 Å². The zero-order valence-corrected chi connectivity index (χ0v) is 30.3. The van der Waals surface area contributed by atoms with Gasteiger partial charge in [-0.15, -0.1) is 0 Å². The standard InChI is InChI=1S/C51H35N3O/c1-52-51(34-22-26-41-40-18-9-11-21-47(40)55-48(41)30-34)42-19-8-10-20-43(42)53-31-35-25-27-44(39-17-7-6-14-36(35)39)54-45-28-23-32-12-2-4-15-37(32)49(45)50-38-16-5-3-13-33(38)24-29-46(50)54/h2-30,53H,31H2,1H3. The molecule has 11 aromatic rings. The first kappa shape index (κ1) is 31.4. The molecule has 11 rings (SSSR count). The molecule has 0 saturated carbocycles. The zero-order chi connectivity index (χ0) is 36.5. The van der Waals surface area contributed by atoms with Gasteiger partial charge in [-0.05, 0) is 75.0 Å². The first-order chi connectivity index (χ1) is 27.2. The molecular weight excluding hydrogens is 671 g/mol. The Labute approximate surface area is 317 Å². The highest BCUT2D eigenvalue weighted by atomic mass is 16.3. The fraction of sp³-hybridized carbons (Fsp3) is 0.0392. The first-order valence-electron chi connectivity index (χ1n) is 18.8. The second-order valence-corrected chi connectivity index (χ2v) is 14.3. The van der Waals surface area contributed by atoms with Crippen molar-refractivity contribution in [2.75, 3.05) is 12.4 Å². The summed E-state index contributed by atoms with van der Waals surface area (Å²) in [5, 5.41) is 16.1. The number of benzene rings is 9. The molecule has 9 aromatic carbocycles. The van der Waals surface area contributed by atoms with E-state index >= 15 is 0 Å². The van der Waals surface area contributed by atoms with Gasteiger partial charge < -0.3 is 14.3 Å². The molecular formula is C51H35N3O. The monoisotopic (exact) mass is 705 g/mol. The summed E-state index contributed by atoms with van der Waals surface area (Å²) < 4.78 is 8.72. The Hall–Kier alpha value is -7.17. The number of nitrogens with zero attached hydrogens (tertiary/aromatic N) is 2. The zero-order valence-electron chi connectivity index (χ0n) is 30.3. The average molecular weight is 706 g/mol. The van der Waals surface area contributed by atoms with Gasteiger partial charge >= 0.3 is 0 Å². The molecule has 0 saturated heterocycles. The van der Waals surface area contributed by atoms with E-state index in [-0.39, 0.29) is 0 Å². The Morgan fingerprint density at radius 2 is 1.13 bits per heavy atom. The summed E-state index contributed by atoms with van der Waals surface area (Å²) in [6.07, 6.45) is 0. The minimum absolute atomic E-state index is 0.653. The van der Waals surface area contributed by atoms with Crippen LogP contribution in [0.15, 0.2) is 185 Å². The molecule has 0 bridgehead atoms. The van der Waals surface area contributed by atoms with Crippen LogP contribution in [0, 0.1) is 0 Å². The van der Waals surface area contributed by atoms with E-state index in [0.29, 0.717) is 6.54 Å². The molecule has 0 spiro atoms. The van der Waals surface area contributed by atoms with Gasteiger partial charge in [0.25, 0.3) is 0 Å². The third-order valence-corrected chi connectivity index (χ3v) is 11.3. The van der Waals surface area contributed by atoms with Gasteiger partial charge in [0.2, 0.25) is 0 Å². The number of fused-ring (bicyclic) bond motifs is 11. The predicted octanol–water partition coefficient (Wildman–Crippen LogP) is 13.2. The fourth-order valence-electron chi connectivity index (χ4n) is 8.81. The number of rotatable bonds is 6. The number of hydrogen-bond acceptors (Lipinski definition) is 3. The lowest BCUT2D eigenvalue weighted by atomic mass is 9.98. The maximum absolute atomic E-state index is 6.25. The molecule has 0 aliphatic rings. The number of nitrogens with one attached hydrogen (secondary N) is 1. The molecule has 0 radical (unpaired) electrons. The molecule has 0 fully saturated rings. The number of aliphatic imine (C=N–C) groups is 1. The van der Waals surface area contributed by atoms with Gasteiger partial charge in [-0.1, -0.05) is 133 Å². The summed E-state index contributed by atoms with van der Waals surface area (Å²) in [4.78, 5) is 4.81. The molecule has 0 atom stereocenters. The van der Waals surface area contributed by atoms with E-state index in [1.165, 1.54) is 65.4 Å².